The molecule has 0 aliphatic heterocycles. The molecular formula is C13H19F2N. The van der Waals surface area contributed by atoms with Crippen molar-refractivity contribution >= 4 is 0 Å². The first-order chi connectivity index (χ1) is 7.54. The Morgan fingerprint density at radius 2 is 1.94 bits per heavy atom. The molecule has 0 aliphatic rings. The van der Waals surface area contributed by atoms with Crippen LogP contribution in [0.3, 0.4) is 0 Å². The van der Waals surface area contributed by atoms with Crippen molar-refractivity contribution in [3.8, 4) is 0 Å². The third-order valence-electron chi connectivity index (χ3n) is 2.45. The van der Waals surface area contributed by atoms with E-state index in [4.69, 9.17) is 0 Å². The first-order valence-corrected chi connectivity index (χ1v) is 5.75. The van der Waals surface area contributed by atoms with Crippen LogP contribution in [0.15, 0.2) is 18.2 Å². The second-order valence-electron chi connectivity index (χ2n) is 4.33. The van der Waals surface area contributed by atoms with Gasteiger partial charge in [-0.05, 0) is 12.5 Å². The minimum absolute atomic E-state index is 0.0365. The van der Waals surface area contributed by atoms with Crippen molar-refractivity contribution in [3.63, 3.8) is 0 Å². The maximum absolute atomic E-state index is 13.6. The Labute approximate surface area is 95.9 Å². The van der Waals surface area contributed by atoms with E-state index in [0.717, 1.165) is 18.9 Å². The molecule has 1 unspecified atom stereocenters. The van der Waals surface area contributed by atoms with Crippen LogP contribution in [0, 0.1) is 11.6 Å². The van der Waals surface area contributed by atoms with Crippen LogP contribution >= 0.6 is 0 Å². The second kappa shape index (κ2) is 5.94. The van der Waals surface area contributed by atoms with Crippen molar-refractivity contribution in [1.29, 1.82) is 0 Å². The molecule has 0 fully saturated rings. The fraction of sp³-hybridized carbons (Fsp3) is 0.538. The largest absolute Gasteiger partial charge is 0.308 e. The molecule has 1 aromatic carbocycles. The van der Waals surface area contributed by atoms with E-state index < -0.39 is 11.6 Å². The molecule has 0 amide bonds. The molecule has 1 nitrogen and oxygen atoms in total. The van der Waals surface area contributed by atoms with Gasteiger partial charge in [-0.3, -0.25) is 0 Å². The molecule has 1 N–H and O–H groups in total. The van der Waals surface area contributed by atoms with Crippen LogP contribution in [0.1, 0.15) is 45.2 Å². The van der Waals surface area contributed by atoms with Crippen molar-refractivity contribution in [2.24, 2.45) is 0 Å². The van der Waals surface area contributed by atoms with Crippen molar-refractivity contribution in [3.05, 3.63) is 35.4 Å². The standard InChI is InChI=1S/C13H19F2N/c1-4-5-13(16-9(2)3)11-7-6-10(14)8-12(11)15/h6-9,13,16H,4-5H2,1-3H3. The molecule has 16 heavy (non-hydrogen) atoms. The molecule has 1 rings (SSSR count). The molecule has 0 saturated carbocycles. The van der Waals surface area contributed by atoms with Crippen molar-refractivity contribution < 1.29 is 8.78 Å². The second-order valence-corrected chi connectivity index (χ2v) is 4.33. The molecule has 0 bridgehead atoms. The smallest absolute Gasteiger partial charge is 0.130 e. The molecule has 3 heteroatoms. The van der Waals surface area contributed by atoms with E-state index in [9.17, 15) is 8.78 Å². The third-order valence-corrected chi connectivity index (χ3v) is 2.45. The fourth-order valence-corrected chi connectivity index (χ4v) is 1.80. The van der Waals surface area contributed by atoms with Gasteiger partial charge in [0.25, 0.3) is 0 Å². The Morgan fingerprint density at radius 3 is 2.44 bits per heavy atom. The number of hydrogen-bond acceptors (Lipinski definition) is 1. The summed E-state index contributed by atoms with van der Waals surface area (Å²) in [5, 5.41) is 3.29. The van der Waals surface area contributed by atoms with Crippen LogP contribution < -0.4 is 5.32 Å². The predicted molar refractivity (Wildman–Crippen MR) is 62.3 cm³/mol. The van der Waals surface area contributed by atoms with Crippen molar-refractivity contribution in [2.45, 2.75) is 45.7 Å². The molecule has 0 saturated heterocycles. The summed E-state index contributed by atoms with van der Waals surface area (Å²) in [6, 6.07) is 4.02. The summed E-state index contributed by atoms with van der Waals surface area (Å²) in [7, 11) is 0. The van der Waals surface area contributed by atoms with E-state index in [1.54, 1.807) is 0 Å². The Bertz CT molecular complexity index is 337. The monoisotopic (exact) mass is 227 g/mol. The van der Waals surface area contributed by atoms with Crippen LogP contribution in [-0.2, 0) is 0 Å². The molecule has 0 radical (unpaired) electrons. The van der Waals surface area contributed by atoms with Crippen LogP contribution in [0.25, 0.3) is 0 Å². The summed E-state index contributed by atoms with van der Waals surface area (Å²) < 4.78 is 26.4. The predicted octanol–water partition coefficient (Wildman–Crippen LogP) is 3.80. The van der Waals surface area contributed by atoms with Crippen molar-refractivity contribution in [1.82, 2.24) is 5.32 Å². The highest BCUT2D eigenvalue weighted by Gasteiger charge is 2.15. The molecule has 1 aromatic rings. The number of hydrogen-bond donors (Lipinski definition) is 1. The first kappa shape index (κ1) is 13.1. The molecule has 0 aromatic heterocycles. The van der Waals surface area contributed by atoms with Crippen LogP contribution in [0.5, 0.6) is 0 Å². The molecular weight excluding hydrogens is 208 g/mol. The minimum Gasteiger partial charge on any atom is -0.308 e. The Morgan fingerprint density at radius 1 is 1.25 bits per heavy atom. The van der Waals surface area contributed by atoms with Crippen molar-refractivity contribution in [2.75, 3.05) is 0 Å². The van der Waals surface area contributed by atoms with E-state index in [0.29, 0.717) is 5.56 Å². The zero-order valence-corrected chi connectivity index (χ0v) is 10.1. The average molecular weight is 227 g/mol. The summed E-state index contributed by atoms with van der Waals surface area (Å²) in [4.78, 5) is 0. The topological polar surface area (TPSA) is 12.0 Å². The summed E-state index contributed by atoms with van der Waals surface area (Å²) in [6.07, 6.45) is 1.81. The summed E-state index contributed by atoms with van der Waals surface area (Å²) in [5.41, 5.74) is 0.553. The third kappa shape index (κ3) is 3.56. The maximum Gasteiger partial charge on any atom is 0.130 e. The SMILES string of the molecule is CCCC(NC(C)C)c1ccc(F)cc1F. The summed E-state index contributed by atoms with van der Waals surface area (Å²) in [5.74, 6) is -0.993. The van der Waals surface area contributed by atoms with E-state index >= 15 is 0 Å². The van der Waals surface area contributed by atoms with Gasteiger partial charge in [0.05, 0.1) is 0 Å². The highest BCUT2D eigenvalue weighted by atomic mass is 19.1. The van der Waals surface area contributed by atoms with E-state index in [-0.39, 0.29) is 12.1 Å². The van der Waals surface area contributed by atoms with Crippen LogP contribution in [-0.4, -0.2) is 6.04 Å². The molecule has 0 heterocycles. The summed E-state index contributed by atoms with van der Waals surface area (Å²) >= 11 is 0. The zero-order valence-electron chi connectivity index (χ0n) is 10.1. The van der Waals surface area contributed by atoms with Crippen LogP contribution in [0.2, 0.25) is 0 Å². The highest BCUT2D eigenvalue weighted by Crippen LogP contribution is 2.22. The summed E-state index contributed by atoms with van der Waals surface area (Å²) in [6.45, 7) is 6.09. The lowest BCUT2D eigenvalue weighted by molar-refractivity contribution is 0.430. The van der Waals surface area contributed by atoms with Gasteiger partial charge in [0, 0.05) is 23.7 Å². The molecule has 0 spiro atoms. The number of benzene rings is 1. The Hall–Kier alpha value is -0.960. The molecule has 0 aliphatic carbocycles. The Kier molecular flexibility index (Phi) is 4.87. The van der Waals surface area contributed by atoms with E-state index in [2.05, 4.69) is 12.2 Å². The van der Waals surface area contributed by atoms with Gasteiger partial charge in [0.1, 0.15) is 11.6 Å². The normalized spacial score (nSPS) is 13.1. The Balaban J connectivity index is 2.91. The maximum atomic E-state index is 13.6. The molecule has 90 valence electrons. The molecule has 1 atom stereocenters. The van der Waals surface area contributed by atoms with Gasteiger partial charge < -0.3 is 5.32 Å². The lowest BCUT2D eigenvalue weighted by Gasteiger charge is -2.21. The van der Waals surface area contributed by atoms with Gasteiger partial charge >= 0.3 is 0 Å². The van der Waals surface area contributed by atoms with Gasteiger partial charge in [0.15, 0.2) is 0 Å². The lowest BCUT2D eigenvalue weighted by atomic mass is 10.0. The van der Waals surface area contributed by atoms with Gasteiger partial charge in [-0.2, -0.15) is 0 Å². The van der Waals surface area contributed by atoms with E-state index in [1.807, 2.05) is 13.8 Å². The zero-order chi connectivity index (χ0) is 12.1. The van der Waals surface area contributed by atoms with E-state index in [1.165, 1.54) is 12.1 Å². The first-order valence-electron chi connectivity index (χ1n) is 5.75. The van der Waals surface area contributed by atoms with Gasteiger partial charge in [-0.25, -0.2) is 8.78 Å². The number of rotatable bonds is 5. The van der Waals surface area contributed by atoms with Gasteiger partial charge in [-0.15, -0.1) is 0 Å². The number of nitrogens with one attached hydrogen (secondary N) is 1. The van der Waals surface area contributed by atoms with Gasteiger partial charge in [0.2, 0.25) is 0 Å². The highest BCUT2D eigenvalue weighted by molar-refractivity contribution is 5.22. The lowest BCUT2D eigenvalue weighted by Crippen LogP contribution is -2.28. The quantitative estimate of drug-likeness (QED) is 0.806. The van der Waals surface area contributed by atoms with Gasteiger partial charge in [-0.1, -0.05) is 33.3 Å². The average Bonchev–Trinajstić information content (AvgIpc) is 2.16. The number of halogens is 2. The minimum atomic E-state index is -0.527. The fourth-order valence-electron chi connectivity index (χ4n) is 1.80. The van der Waals surface area contributed by atoms with Crippen LogP contribution in [0.4, 0.5) is 8.78 Å².